The van der Waals surface area contributed by atoms with Crippen molar-refractivity contribution in [3.8, 4) is 0 Å². The van der Waals surface area contributed by atoms with Crippen LogP contribution < -0.4 is 10.2 Å². The smallest absolute Gasteiger partial charge is 0.257 e. The molecule has 3 aromatic rings. The molecule has 0 aliphatic carbocycles. The summed E-state index contributed by atoms with van der Waals surface area (Å²) in [7, 11) is 1.95. The third-order valence-corrected chi connectivity index (χ3v) is 4.01. The topological polar surface area (TPSA) is 58.1 Å². The van der Waals surface area contributed by atoms with Gasteiger partial charge in [-0.1, -0.05) is 12.1 Å². The molecule has 0 aliphatic heterocycles. The second kappa shape index (κ2) is 8.20. The van der Waals surface area contributed by atoms with Gasteiger partial charge in [-0.3, -0.25) is 9.78 Å². The number of carbonyl (C=O) groups excluding carboxylic acids is 1. The molecule has 2 aromatic heterocycles. The Balaban J connectivity index is 1.60. The predicted octanol–water partition coefficient (Wildman–Crippen LogP) is 3.55. The first kappa shape index (κ1) is 17.5. The quantitative estimate of drug-likeness (QED) is 0.739. The van der Waals surface area contributed by atoms with Crippen molar-refractivity contribution in [1.82, 2.24) is 9.97 Å². The molecular formula is C20H19FN4O. The number of amides is 1. The predicted molar refractivity (Wildman–Crippen MR) is 99.8 cm³/mol. The summed E-state index contributed by atoms with van der Waals surface area (Å²) in [6.45, 7) is 0.789. The summed E-state index contributed by atoms with van der Waals surface area (Å²) in [6.07, 6.45) is 5.91. The number of para-hydroxylation sites is 1. The van der Waals surface area contributed by atoms with E-state index in [-0.39, 0.29) is 5.69 Å². The Labute approximate surface area is 151 Å². The van der Waals surface area contributed by atoms with Crippen LogP contribution in [0.5, 0.6) is 0 Å². The summed E-state index contributed by atoms with van der Waals surface area (Å²) < 4.78 is 13.6. The maximum atomic E-state index is 13.6. The van der Waals surface area contributed by atoms with E-state index in [1.165, 1.54) is 23.9 Å². The number of carbonyl (C=O) groups is 1. The van der Waals surface area contributed by atoms with E-state index in [9.17, 15) is 9.18 Å². The third-order valence-electron chi connectivity index (χ3n) is 4.01. The highest BCUT2D eigenvalue weighted by Crippen LogP contribution is 2.15. The highest BCUT2D eigenvalue weighted by atomic mass is 19.1. The molecule has 0 bridgehead atoms. The van der Waals surface area contributed by atoms with Crippen molar-refractivity contribution in [3.63, 3.8) is 0 Å². The maximum absolute atomic E-state index is 13.6. The molecule has 1 N–H and O–H groups in total. The van der Waals surface area contributed by atoms with Crippen LogP contribution in [0.1, 0.15) is 15.9 Å². The van der Waals surface area contributed by atoms with Crippen molar-refractivity contribution in [2.75, 3.05) is 23.8 Å². The summed E-state index contributed by atoms with van der Waals surface area (Å²) in [6, 6.07) is 13.5. The number of hydrogen-bond acceptors (Lipinski definition) is 4. The van der Waals surface area contributed by atoms with Gasteiger partial charge in [0.25, 0.3) is 5.91 Å². The van der Waals surface area contributed by atoms with Gasteiger partial charge in [0.15, 0.2) is 0 Å². The van der Waals surface area contributed by atoms with E-state index in [0.29, 0.717) is 5.56 Å². The molecule has 0 fully saturated rings. The Hall–Kier alpha value is -3.28. The zero-order valence-corrected chi connectivity index (χ0v) is 14.4. The van der Waals surface area contributed by atoms with Crippen LogP contribution in [0, 0.1) is 5.82 Å². The first-order valence-corrected chi connectivity index (χ1v) is 8.25. The van der Waals surface area contributed by atoms with Crippen LogP contribution in [-0.2, 0) is 6.42 Å². The molecule has 0 unspecified atom stereocenters. The molecule has 5 nitrogen and oxygen atoms in total. The normalized spacial score (nSPS) is 10.4. The van der Waals surface area contributed by atoms with Crippen molar-refractivity contribution in [3.05, 3.63) is 84.1 Å². The summed E-state index contributed by atoms with van der Waals surface area (Å²) in [4.78, 5) is 22.6. The minimum atomic E-state index is -0.471. The zero-order valence-electron chi connectivity index (χ0n) is 14.4. The fourth-order valence-corrected chi connectivity index (χ4v) is 2.46. The summed E-state index contributed by atoms with van der Waals surface area (Å²) in [5, 5.41) is 2.55. The standard InChI is InChI=1S/C20H19FN4O/c1-25(13-10-15-8-11-22-12-9-15)19-7-6-16(14-23-19)20(26)24-18-5-3-2-4-17(18)21/h2-9,11-12,14H,10,13H2,1H3,(H,24,26). The maximum Gasteiger partial charge on any atom is 0.257 e. The molecule has 0 saturated heterocycles. The van der Waals surface area contributed by atoms with Crippen LogP contribution >= 0.6 is 0 Å². The summed E-state index contributed by atoms with van der Waals surface area (Å²) >= 11 is 0. The number of nitrogens with one attached hydrogen (secondary N) is 1. The van der Waals surface area contributed by atoms with Crippen LogP contribution in [0.4, 0.5) is 15.9 Å². The van der Waals surface area contributed by atoms with Gasteiger partial charge in [-0.2, -0.15) is 0 Å². The largest absolute Gasteiger partial charge is 0.359 e. The number of likely N-dealkylation sites (N-methyl/N-ethyl adjacent to an activating group) is 1. The number of rotatable bonds is 6. The fourth-order valence-electron chi connectivity index (χ4n) is 2.46. The van der Waals surface area contributed by atoms with E-state index in [0.717, 1.165) is 18.8 Å². The molecule has 2 heterocycles. The van der Waals surface area contributed by atoms with Gasteiger partial charge in [-0.25, -0.2) is 9.37 Å². The molecule has 0 atom stereocenters. The lowest BCUT2D eigenvalue weighted by atomic mass is 10.2. The number of pyridine rings is 2. The molecule has 6 heteroatoms. The van der Waals surface area contributed by atoms with Crippen molar-refractivity contribution in [2.24, 2.45) is 0 Å². The minimum Gasteiger partial charge on any atom is -0.359 e. The molecule has 0 radical (unpaired) electrons. The van der Waals surface area contributed by atoms with Crippen LogP contribution in [0.25, 0.3) is 0 Å². The van der Waals surface area contributed by atoms with Crippen molar-refractivity contribution in [2.45, 2.75) is 6.42 Å². The van der Waals surface area contributed by atoms with Crippen LogP contribution in [0.2, 0.25) is 0 Å². The molecule has 0 spiro atoms. The second-order valence-corrected chi connectivity index (χ2v) is 5.87. The Morgan fingerprint density at radius 1 is 1.12 bits per heavy atom. The van der Waals surface area contributed by atoms with E-state index in [1.54, 1.807) is 36.7 Å². The molecule has 26 heavy (non-hydrogen) atoms. The molecule has 1 aromatic carbocycles. The number of anilines is 2. The fraction of sp³-hybridized carbons (Fsp3) is 0.150. The van der Waals surface area contributed by atoms with Gasteiger partial charge in [-0.15, -0.1) is 0 Å². The number of aromatic nitrogens is 2. The van der Waals surface area contributed by atoms with Crippen LogP contribution in [0.15, 0.2) is 67.1 Å². The summed E-state index contributed by atoms with van der Waals surface area (Å²) in [5.74, 6) is -0.101. The van der Waals surface area contributed by atoms with Crippen LogP contribution in [-0.4, -0.2) is 29.5 Å². The molecule has 1 amide bonds. The number of nitrogens with zero attached hydrogens (tertiary/aromatic N) is 3. The lowest BCUT2D eigenvalue weighted by Crippen LogP contribution is -2.22. The van der Waals surface area contributed by atoms with Gasteiger partial charge in [0.2, 0.25) is 0 Å². The van der Waals surface area contributed by atoms with Gasteiger partial charge >= 0.3 is 0 Å². The van der Waals surface area contributed by atoms with Gasteiger partial charge in [0.05, 0.1) is 11.3 Å². The molecule has 0 saturated carbocycles. The van der Waals surface area contributed by atoms with E-state index >= 15 is 0 Å². The van der Waals surface area contributed by atoms with E-state index in [4.69, 9.17) is 0 Å². The van der Waals surface area contributed by atoms with E-state index < -0.39 is 11.7 Å². The van der Waals surface area contributed by atoms with Gasteiger partial charge in [0.1, 0.15) is 11.6 Å². The first-order valence-electron chi connectivity index (χ1n) is 8.25. The summed E-state index contributed by atoms with van der Waals surface area (Å²) in [5.41, 5.74) is 1.73. The second-order valence-electron chi connectivity index (χ2n) is 5.87. The van der Waals surface area contributed by atoms with Gasteiger partial charge in [-0.05, 0) is 48.4 Å². The molecular weight excluding hydrogens is 331 g/mol. The molecule has 3 rings (SSSR count). The average molecular weight is 350 g/mol. The Kier molecular flexibility index (Phi) is 5.53. The Morgan fingerprint density at radius 2 is 1.88 bits per heavy atom. The van der Waals surface area contributed by atoms with E-state index in [2.05, 4.69) is 15.3 Å². The monoisotopic (exact) mass is 350 g/mol. The number of hydrogen-bond donors (Lipinski definition) is 1. The highest BCUT2D eigenvalue weighted by molar-refractivity contribution is 6.04. The average Bonchev–Trinajstić information content (AvgIpc) is 2.69. The van der Waals surface area contributed by atoms with E-state index in [1.807, 2.05) is 24.1 Å². The third kappa shape index (κ3) is 4.42. The van der Waals surface area contributed by atoms with Crippen molar-refractivity contribution in [1.29, 1.82) is 0 Å². The highest BCUT2D eigenvalue weighted by Gasteiger charge is 2.10. The van der Waals surface area contributed by atoms with Gasteiger partial charge in [0, 0.05) is 32.2 Å². The van der Waals surface area contributed by atoms with Gasteiger partial charge < -0.3 is 10.2 Å². The Bertz CT molecular complexity index is 868. The SMILES string of the molecule is CN(CCc1ccncc1)c1ccc(C(=O)Nc2ccccc2F)cn1. The van der Waals surface area contributed by atoms with Crippen LogP contribution in [0.3, 0.4) is 0 Å². The number of halogens is 1. The Morgan fingerprint density at radius 3 is 2.58 bits per heavy atom. The lowest BCUT2D eigenvalue weighted by molar-refractivity contribution is 0.102. The van der Waals surface area contributed by atoms with Crippen molar-refractivity contribution >= 4 is 17.4 Å². The lowest BCUT2D eigenvalue weighted by Gasteiger charge is -2.18. The molecule has 0 aliphatic rings. The number of benzene rings is 1. The first-order chi connectivity index (χ1) is 12.6. The minimum absolute atomic E-state index is 0.149. The zero-order chi connectivity index (χ0) is 18.4. The molecule has 132 valence electrons. The van der Waals surface area contributed by atoms with Crippen molar-refractivity contribution < 1.29 is 9.18 Å².